The van der Waals surface area contributed by atoms with Gasteiger partial charge in [-0.05, 0) is 25.1 Å². The van der Waals surface area contributed by atoms with Crippen LogP contribution in [0.25, 0.3) is 0 Å². The van der Waals surface area contributed by atoms with Gasteiger partial charge in [0.05, 0.1) is 24.9 Å². The van der Waals surface area contributed by atoms with Gasteiger partial charge in [-0.15, -0.1) is 0 Å². The number of rotatable bonds is 4. The molecule has 0 radical (unpaired) electrons. The number of amides is 1. The van der Waals surface area contributed by atoms with Crippen LogP contribution >= 0.6 is 0 Å². The molecule has 0 spiro atoms. The van der Waals surface area contributed by atoms with Gasteiger partial charge in [0.1, 0.15) is 17.9 Å². The zero-order chi connectivity index (χ0) is 15.0. The van der Waals surface area contributed by atoms with Crippen LogP contribution in [0.5, 0.6) is 5.75 Å². The zero-order valence-corrected chi connectivity index (χ0v) is 11.7. The molecule has 7 nitrogen and oxygen atoms in total. The normalized spacial score (nSPS) is 13.7. The van der Waals surface area contributed by atoms with Gasteiger partial charge >= 0.3 is 0 Å². The van der Waals surface area contributed by atoms with Gasteiger partial charge in [-0.25, -0.2) is 9.67 Å². The number of hydrogen-bond donors (Lipinski definition) is 0. The fourth-order valence-corrected chi connectivity index (χ4v) is 2.38. The van der Waals surface area contributed by atoms with Crippen molar-refractivity contribution in [2.45, 2.75) is 20.0 Å². The Morgan fingerprint density at radius 1 is 1.29 bits per heavy atom. The van der Waals surface area contributed by atoms with E-state index in [2.05, 4.69) is 10.1 Å². The summed E-state index contributed by atoms with van der Waals surface area (Å²) < 4.78 is 6.79. The molecule has 1 aromatic carbocycles. The maximum atomic E-state index is 12.2. The number of aryl methyl sites for hydroxylation is 1. The highest BCUT2D eigenvalue weighted by Crippen LogP contribution is 2.32. The first kappa shape index (κ1) is 13.3. The molecule has 0 atom stereocenters. The third-order valence-electron chi connectivity index (χ3n) is 3.47. The summed E-state index contributed by atoms with van der Waals surface area (Å²) in [6.45, 7) is 2.81. The Morgan fingerprint density at radius 3 is 2.81 bits per heavy atom. The van der Waals surface area contributed by atoms with Gasteiger partial charge in [0.2, 0.25) is 0 Å². The number of Topliss-reactive ketones (excluding diaryl/α,β-unsaturated/α-hetero) is 1. The minimum Gasteiger partial charge on any atom is -0.497 e. The molecule has 2 aromatic rings. The van der Waals surface area contributed by atoms with E-state index in [0.717, 1.165) is 0 Å². The smallest absolute Gasteiger partial charge is 0.299 e. The number of carbonyl (C=O) groups is 2. The summed E-state index contributed by atoms with van der Waals surface area (Å²) in [5.41, 5.74) is 0.943. The molecule has 0 aliphatic carbocycles. The van der Waals surface area contributed by atoms with Crippen molar-refractivity contribution in [1.82, 2.24) is 14.8 Å². The molecule has 108 valence electrons. The van der Waals surface area contributed by atoms with Crippen LogP contribution in [0, 0.1) is 0 Å². The first-order valence-electron chi connectivity index (χ1n) is 6.56. The minimum absolute atomic E-state index is 0.220. The molecule has 1 amide bonds. The SMILES string of the molecule is CCn1ncnc1CN1C(=O)C(=O)c2cc(OC)ccc21. The summed E-state index contributed by atoms with van der Waals surface area (Å²) >= 11 is 0. The summed E-state index contributed by atoms with van der Waals surface area (Å²) in [4.78, 5) is 29.8. The predicted octanol–water partition coefficient (Wildman–Crippen LogP) is 1.04. The van der Waals surface area contributed by atoms with Crippen LogP contribution < -0.4 is 9.64 Å². The second-order valence-corrected chi connectivity index (χ2v) is 4.60. The Morgan fingerprint density at radius 2 is 2.10 bits per heavy atom. The molecule has 0 saturated carbocycles. The lowest BCUT2D eigenvalue weighted by atomic mass is 10.1. The van der Waals surface area contributed by atoms with Crippen molar-refractivity contribution in [2.24, 2.45) is 0 Å². The second kappa shape index (κ2) is 5.01. The van der Waals surface area contributed by atoms with Gasteiger partial charge < -0.3 is 4.74 Å². The number of nitrogens with zero attached hydrogens (tertiary/aromatic N) is 4. The standard InChI is InChI=1S/C14H14N4O3/c1-3-18-12(15-8-16-18)7-17-11-5-4-9(21-2)6-10(11)13(19)14(17)20/h4-6,8H,3,7H2,1-2H3. The van der Waals surface area contributed by atoms with Gasteiger partial charge in [-0.1, -0.05) is 0 Å². The largest absolute Gasteiger partial charge is 0.497 e. The first-order valence-corrected chi connectivity index (χ1v) is 6.56. The minimum atomic E-state index is -0.552. The fourth-order valence-electron chi connectivity index (χ4n) is 2.38. The molecule has 0 fully saturated rings. The Hall–Kier alpha value is -2.70. The summed E-state index contributed by atoms with van der Waals surface area (Å²) in [5, 5.41) is 4.07. The lowest BCUT2D eigenvalue weighted by Crippen LogP contribution is -2.30. The van der Waals surface area contributed by atoms with Crippen LogP contribution in [0.15, 0.2) is 24.5 Å². The Labute approximate surface area is 121 Å². The van der Waals surface area contributed by atoms with Crippen LogP contribution in [-0.4, -0.2) is 33.6 Å². The Balaban J connectivity index is 1.98. The molecule has 0 unspecified atom stereocenters. The average Bonchev–Trinajstić information content (AvgIpc) is 3.06. The molecular formula is C14H14N4O3. The van der Waals surface area contributed by atoms with Crippen molar-refractivity contribution in [3.63, 3.8) is 0 Å². The highest BCUT2D eigenvalue weighted by molar-refractivity contribution is 6.52. The van der Waals surface area contributed by atoms with Crippen LogP contribution in [0.4, 0.5) is 5.69 Å². The third kappa shape index (κ3) is 2.06. The molecular weight excluding hydrogens is 272 g/mol. The molecule has 21 heavy (non-hydrogen) atoms. The van der Waals surface area contributed by atoms with E-state index < -0.39 is 11.7 Å². The molecule has 7 heteroatoms. The topological polar surface area (TPSA) is 77.3 Å². The number of aromatic nitrogens is 3. The monoisotopic (exact) mass is 286 g/mol. The lowest BCUT2D eigenvalue weighted by Gasteiger charge is -2.16. The van der Waals surface area contributed by atoms with E-state index >= 15 is 0 Å². The van der Waals surface area contributed by atoms with Gasteiger partial charge in [-0.3, -0.25) is 14.5 Å². The maximum Gasteiger partial charge on any atom is 0.299 e. The van der Waals surface area contributed by atoms with Crippen molar-refractivity contribution in [1.29, 1.82) is 0 Å². The molecule has 0 N–H and O–H groups in total. The van der Waals surface area contributed by atoms with E-state index in [9.17, 15) is 9.59 Å². The molecule has 0 bridgehead atoms. The lowest BCUT2D eigenvalue weighted by molar-refractivity contribution is -0.114. The van der Waals surface area contributed by atoms with E-state index in [-0.39, 0.29) is 6.54 Å². The number of ether oxygens (including phenoxy) is 1. The van der Waals surface area contributed by atoms with Crippen molar-refractivity contribution in [2.75, 3.05) is 12.0 Å². The fraction of sp³-hybridized carbons (Fsp3) is 0.286. The quantitative estimate of drug-likeness (QED) is 0.785. The summed E-state index contributed by atoms with van der Waals surface area (Å²) in [7, 11) is 1.52. The van der Waals surface area contributed by atoms with Crippen molar-refractivity contribution in [3.05, 3.63) is 35.9 Å². The van der Waals surface area contributed by atoms with Crippen LogP contribution in [-0.2, 0) is 17.9 Å². The first-order chi connectivity index (χ1) is 10.2. The number of carbonyl (C=O) groups excluding carboxylic acids is 2. The number of fused-ring (bicyclic) bond motifs is 1. The number of methoxy groups -OCH3 is 1. The van der Waals surface area contributed by atoms with Gasteiger partial charge in [-0.2, -0.15) is 5.10 Å². The van der Waals surface area contributed by atoms with Gasteiger partial charge in [0, 0.05) is 6.54 Å². The highest BCUT2D eigenvalue weighted by Gasteiger charge is 2.36. The van der Waals surface area contributed by atoms with Crippen LogP contribution in [0.1, 0.15) is 23.1 Å². The molecule has 0 saturated heterocycles. The van der Waals surface area contributed by atoms with Crippen molar-refractivity contribution >= 4 is 17.4 Å². The van der Waals surface area contributed by atoms with E-state index in [4.69, 9.17) is 4.74 Å². The second-order valence-electron chi connectivity index (χ2n) is 4.60. The molecule has 2 heterocycles. The molecule has 1 aromatic heterocycles. The average molecular weight is 286 g/mol. The highest BCUT2D eigenvalue weighted by atomic mass is 16.5. The van der Waals surface area contributed by atoms with Crippen molar-refractivity contribution < 1.29 is 14.3 Å². The Kier molecular flexibility index (Phi) is 3.17. The number of anilines is 1. The molecule has 1 aliphatic heterocycles. The third-order valence-corrected chi connectivity index (χ3v) is 3.47. The van der Waals surface area contributed by atoms with E-state index in [1.165, 1.54) is 18.3 Å². The molecule has 1 aliphatic rings. The summed E-state index contributed by atoms with van der Waals surface area (Å²) in [6, 6.07) is 5.02. The number of benzene rings is 1. The van der Waals surface area contributed by atoms with Crippen LogP contribution in [0.3, 0.4) is 0 Å². The van der Waals surface area contributed by atoms with Gasteiger partial charge in [0.15, 0.2) is 0 Å². The van der Waals surface area contributed by atoms with E-state index in [0.29, 0.717) is 29.4 Å². The number of hydrogen-bond acceptors (Lipinski definition) is 5. The maximum absolute atomic E-state index is 12.2. The summed E-state index contributed by atoms with van der Waals surface area (Å²) in [5.74, 6) is 0.117. The van der Waals surface area contributed by atoms with Crippen LogP contribution in [0.2, 0.25) is 0 Å². The summed E-state index contributed by atoms with van der Waals surface area (Å²) in [6.07, 6.45) is 1.44. The zero-order valence-electron chi connectivity index (χ0n) is 11.7. The molecule has 3 rings (SSSR count). The van der Waals surface area contributed by atoms with E-state index in [1.807, 2.05) is 6.92 Å². The van der Waals surface area contributed by atoms with Gasteiger partial charge in [0.25, 0.3) is 11.7 Å². The van der Waals surface area contributed by atoms with Crippen molar-refractivity contribution in [3.8, 4) is 5.75 Å². The Bertz CT molecular complexity index is 723. The number of ketones is 1. The predicted molar refractivity (Wildman–Crippen MR) is 74.2 cm³/mol. The van der Waals surface area contributed by atoms with E-state index in [1.54, 1.807) is 22.9 Å².